The maximum absolute atomic E-state index is 15.2. The fraction of sp³-hybridized carbons (Fsp3) is 0.185. The van der Waals surface area contributed by atoms with Crippen molar-refractivity contribution in [3.05, 3.63) is 95.1 Å². The quantitative estimate of drug-likeness (QED) is 0.216. The highest BCUT2D eigenvalue weighted by molar-refractivity contribution is 5.90. The third-order valence-electron chi connectivity index (χ3n) is 5.62. The molecule has 0 atom stereocenters. The van der Waals surface area contributed by atoms with Gasteiger partial charge < -0.3 is 9.47 Å². The lowest BCUT2D eigenvalue weighted by Crippen LogP contribution is -2.23. The number of rotatable bonds is 7. The Morgan fingerprint density at radius 3 is 1.97 bits per heavy atom. The zero-order valence-electron chi connectivity index (χ0n) is 19.4. The summed E-state index contributed by atoms with van der Waals surface area (Å²) in [7, 11) is 0. The molecule has 2 nitrogen and oxygen atoms in total. The average molecular weight is 544 g/mol. The van der Waals surface area contributed by atoms with Crippen LogP contribution in [0.15, 0.2) is 60.7 Å². The van der Waals surface area contributed by atoms with Crippen LogP contribution in [0, 0.1) is 23.3 Å². The number of fused-ring (bicyclic) bond motifs is 1. The van der Waals surface area contributed by atoms with E-state index >= 15 is 4.39 Å². The second-order valence-corrected chi connectivity index (χ2v) is 8.29. The molecule has 0 aliphatic rings. The van der Waals surface area contributed by atoms with Gasteiger partial charge in [-0.2, -0.15) is 13.2 Å². The van der Waals surface area contributed by atoms with Crippen LogP contribution in [0.1, 0.15) is 24.5 Å². The van der Waals surface area contributed by atoms with Crippen LogP contribution in [-0.4, -0.2) is 6.36 Å². The summed E-state index contributed by atoms with van der Waals surface area (Å²) >= 11 is 0. The monoisotopic (exact) mass is 544 g/mol. The van der Waals surface area contributed by atoms with Crippen LogP contribution in [0.4, 0.5) is 39.5 Å². The minimum absolute atomic E-state index is 0.00584. The molecule has 0 saturated heterocycles. The Morgan fingerprint density at radius 2 is 1.37 bits per heavy atom. The molecule has 4 aromatic carbocycles. The van der Waals surface area contributed by atoms with E-state index in [2.05, 4.69) is 9.47 Å². The van der Waals surface area contributed by atoms with E-state index in [1.54, 1.807) is 24.3 Å². The molecule has 0 spiro atoms. The number of hydrogen-bond donors (Lipinski definition) is 0. The molecule has 0 saturated carbocycles. The van der Waals surface area contributed by atoms with Gasteiger partial charge in [-0.15, -0.1) is 13.2 Å². The van der Waals surface area contributed by atoms with E-state index in [-0.39, 0.29) is 23.1 Å². The molecule has 0 aromatic heterocycles. The first kappa shape index (κ1) is 27.2. The van der Waals surface area contributed by atoms with Crippen molar-refractivity contribution < 1.29 is 49.0 Å². The van der Waals surface area contributed by atoms with Crippen molar-refractivity contribution in [3.8, 4) is 22.6 Å². The van der Waals surface area contributed by atoms with Crippen LogP contribution in [0.25, 0.3) is 21.9 Å². The average Bonchev–Trinajstić information content (AvgIpc) is 2.83. The van der Waals surface area contributed by atoms with Crippen LogP contribution in [0.3, 0.4) is 0 Å². The lowest BCUT2D eigenvalue weighted by atomic mass is 9.98. The molecule has 11 heteroatoms. The van der Waals surface area contributed by atoms with Crippen molar-refractivity contribution in [3.63, 3.8) is 0 Å². The molecule has 0 N–H and O–H groups in total. The number of alkyl halides is 5. The van der Waals surface area contributed by atoms with E-state index in [1.165, 1.54) is 12.1 Å². The van der Waals surface area contributed by atoms with Gasteiger partial charge in [0.25, 0.3) is 0 Å². The van der Waals surface area contributed by atoms with Crippen molar-refractivity contribution >= 4 is 10.8 Å². The first-order valence-corrected chi connectivity index (χ1v) is 11.1. The standard InChI is InChI=1S/C27H17F9O2/c1-2-3-14-4-6-15(7-5-14)18-10-8-16-12-21(24(30)25(31)22(16)23(18)29)37-26(32,33)17-9-11-20(19(28)13-17)38-27(34,35)36/h4-13H,2-3H2,1H3. The van der Waals surface area contributed by atoms with Crippen LogP contribution in [0.5, 0.6) is 11.5 Å². The van der Waals surface area contributed by atoms with Gasteiger partial charge in [0.1, 0.15) is 5.82 Å². The second-order valence-electron chi connectivity index (χ2n) is 8.29. The van der Waals surface area contributed by atoms with Gasteiger partial charge in [0.05, 0.1) is 10.9 Å². The summed E-state index contributed by atoms with van der Waals surface area (Å²) in [5, 5.41) is -1.10. The molecule has 38 heavy (non-hydrogen) atoms. The minimum atomic E-state index is -5.28. The van der Waals surface area contributed by atoms with E-state index in [4.69, 9.17) is 0 Å². The molecule has 200 valence electrons. The Hall–Kier alpha value is -3.89. The molecular weight excluding hydrogens is 527 g/mol. The highest BCUT2D eigenvalue weighted by Gasteiger charge is 2.38. The van der Waals surface area contributed by atoms with E-state index in [9.17, 15) is 35.1 Å². The molecular formula is C27H17F9O2. The van der Waals surface area contributed by atoms with E-state index in [1.807, 2.05) is 6.92 Å². The fourth-order valence-corrected chi connectivity index (χ4v) is 3.88. The van der Waals surface area contributed by atoms with E-state index in [0.717, 1.165) is 18.4 Å². The summed E-state index contributed by atoms with van der Waals surface area (Å²) in [6.45, 7) is 1.99. The molecule has 0 radical (unpaired) electrons. The summed E-state index contributed by atoms with van der Waals surface area (Å²) in [4.78, 5) is 0. The van der Waals surface area contributed by atoms with E-state index < -0.39 is 58.2 Å². The Labute approximate surface area is 210 Å². The second kappa shape index (κ2) is 10.1. The summed E-state index contributed by atoms with van der Waals surface area (Å²) in [6.07, 6.45) is -8.10. The number of aryl methyl sites for hydroxylation is 1. The van der Waals surface area contributed by atoms with Crippen LogP contribution in [-0.2, 0) is 12.5 Å². The number of hydrogen-bond acceptors (Lipinski definition) is 2. The molecule has 0 aliphatic carbocycles. The first-order chi connectivity index (χ1) is 17.8. The molecule has 0 unspecified atom stereocenters. The maximum atomic E-state index is 15.2. The van der Waals surface area contributed by atoms with Gasteiger partial charge >= 0.3 is 12.5 Å². The normalized spacial score (nSPS) is 12.2. The van der Waals surface area contributed by atoms with Gasteiger partial charge in [-0.3, -0.25) is 0 Å². The van der Waals surface area contributed by atoms with Crippen molar-refractivity contribution in [2.75, 3.05) is 0 Å². The van der Waals surface area contributed by atoms with Crippen LogP contribution >= 0.6 is 0 Å². The van der Waals surface area contributed by atoms with Crippen molar-refractivity contribution in [1.82, 2.24) is 0 Å². The predicted molar refractivity (Wildman–Crippen MR) is 121 cm³/mol. The highest BCUT2D eigenvalue weighted by atomic mass is 19.4. The SMILES string of the molecule is CCCc1ccc(-c2ccc3cc(OC(F)(F)c4ccc(OC(F)(F)F)c(F)c4)c(F)c(F)c3c2F)cc1. The molecule has 4 rings (SSSR count). The van der Waals surface area contributed by atoms with Gasteiger partial charge in [0.2, 0.25) is 5.82 Å². The van der Waals surface area contributed by atoms with Gasteiger partial charge in [0.15, 0.2) is 23.1 Å². The Kier molecular flexibility index (Phi) is 7.22. The topological polar surface area (TPSA) is 18.5 Å². The maximum Gasteiger partial charge on any atom is 0.573 e. The number of ether oxygens (including phenoxy) is 2. The van der Waals surface area contributed by atoms with Crippen LogP contribution < -0.4 is 9.47 Å². The van der Waals surface area contributed by atoms with Gasteiger partial charge in [-0.1, -0.05) is 49.7 Å². The predicted octanol–water partition coefficient (Wildman–Crippen LogP) is 9.04. The largest absolute Gasteiger partial charge is 0.573 e. The zero-order valence-corrected chi connectivity index (χ0v) is 19.4. The van der Waals surface area contributed by atoms with Crippen molar-refractivity contribution in [2.45, 2.75) is 32.2 Å². The molecule has 0 amide bonds. The summed E-state index contributed by atoms with van der Waals surface area (Å²) in [5.41, 5.74) is 0.0302. The van der Waals surface area contributed by atoms with Gasteiger partial charge in [-0.25, -0.2) is 13.2 Å². The molecule has 0 heterocycles. The third-order valence-corrected chi connectivity index (χ3v) is 5.62. The summed E-state index contributed by atoms with van der Waals surface area (Å²) in [6, 6.07) is 10.5. The molecule has 0 aliphatic heterocycles. The lowest BCUT2D eigenvalue weighted by molar-refractivity contribution is -0.275. The van der Waals surface area contributed by atoms with Crippen molar-refractivity contribution in [1.29, 1.82) is 0 Å². The minimum Gasteiger partial charge on any atom is -0.426 e. The van der Waals surface area contributed by atoms with Gasteiger partial charge in [-0.05, 0) is 47.2 Å². The third kappa shape index (κ3) is 5.51. The lowest BCUT2D eigenvalue weighted by Gasteiger charge is -2.20. The molecule has 0 bridgehead atoms. The fourth-order valence-electron chi connectivity index (χ4n) is 3.88. The summed E-state index contributed by atoms with van der Waals surface area (Å²) in [5.74, 6) is -9.37. The first-order valence-electron chi connectivity index (χ1n) is 11.1. The van der Waals surface area contributed by atoms with Crippen molar-refractivity contribution in [2.24, 2.45) is 0 Å². The zero-order chi connectivity index (χ0) is 27.8. The van der Waals surface area contributed by atoms with Gasteiger partial charge in [0, 0.05) is 5.56 Å². The Morgan fingerprint density at radius 1 is 0.684 bits per heavy atom. The molecule has 0 fully saturated rings. The summed E-state index contributed by atoms with van der Waals surface area (Å²) < 4.78 is 133. The number of benzene rings is 4. The Balaban J connectivity index is 1.68. The number of halogens is 9. The van der Waals surface area contributed by atoms with E-state index in [0.29, 0.717) is 17.7 Å². The highest BCUT2D eigenvalue weighted by Crippen LogP contribution is 2.40. The van der Waals surface area contributed by atoms with Crippen LogP contribution in [0.2, 0.25) is 0 Å². The molecule has 4 aromatic rings. The smallest absolute Gasteiger partial charge is 0.426 e. The Bertz CT molecular complexity index is 1480.